The Labute approximate surface area is 207 Å². The molecular formula is C28H25N3O3S. The Morgan fingerprint density at radius 3 is 2.31 bits per heavy atom. The summed E-state index contributed by atoms with van der Waals surface area (Å²) in [5.74, 6) is -0.813. The molecule has 1 N–H and O–H groups in total. The second-order valence-electron chi connectivity index (χ2n) is 8.61. The van der Waals surface area contributed by atoms with Crippen molar-refractivity contribution in [3.8, 4) is 11.3 Å². The van der Waals surface area contributed by atoms with Crippen LogP contribution in [0.15, 0.2) is 66.0 Å². The highest BCUT2D eigenvalue weighted by atomic mass is 32.1. The average Bonchev–Trinajstić information content (AvgIpc) is 3.33. The molecule has 176 valence electrons. The van der Waals surface area contributed by atoms with Crippen LogP contribution in [-0.4, -0.2) is 34.2 Å². The number of imide groups is 1. The third kappa shape index (κ3) is 4.59. The van der Waals surface area contributed by atoms with Crippen LogP contribution in [0.2, 0.25) is 0 Å². The number of amides is 3. The van der Waals surface area contributed by atoms with E-state index in [1.807, 2.05) is 29.6 Å². The van der Waals surface area contributed by atoms with Crippen molar-refractivity contribution in [2.24, 2.45) is 0 Å². The summed E-state index contributed by atoms with van der Waals surface area (Å²) in [7, 11) is 0. The molecule has 4 aromatic rings. The van der Waals surface area contributed by atoms with Crippen molar-refractivity contribution in [1.82, 2.24) is 9.88 Å². The third-order valence-corrected chi connectivity index (χ3v) is 6.94. The first-order chi connectivity index (χ1) is 17.0. The fourth-order valence-corrected chi connectivity index (χ4v) is 5.19. The summed E-state index contributed by atoms with van der Waals surface area (Å²) >= 11 is 1.38. The number of hydrogen-bond acceptors (Lipinski definition) is 5. The zero-order valence-electron chi connectivity index (χ0n) is 19.4. The van der Waals surface area contributed by atoms with Crippen molar-refractivity contribution in [3.63, 3.8) is 0 Å². The molecule has 3 amide bonds. The van der Waals surface area contributed by atoms with Gasteiger partial charge in [-0.3, -0.25) is 19.3 Å². The molecule has 0 atom stereocenters. The maximum atomic E-state index is 13.0. The molecule has 5 rings (SSSR count). The standard InChI is InChI=1S/C28H25N3O3S/c1-2-6-18-12-14-19(15-13-18)23-17-35-28(29-23)30-24(32)11-5-16-31-26(33)21-9-3-7-20-8-4-10-22(25(20)21)27(31)34/h3-4,7-10,12-15,17H,2,5-6,11,16H2,1H3,(H,29,30,32). The highest BCUT2D eigenvalue weighted by molar-refractivity contribution is 7.14. The largest absolute Gasteiger partial charge is 0.302 e. The molecule has 0 spiro atoms. The number of benzene rings is 3. The number of hydrogen-bond donors (Lipinski definition) is 1. The molecular weight excluding hydrogens is 458 g/mol. The maximum absolute atomic E-state index is 13.0. The summed E-state index contributed by atoms with van der Waals surface area (Å²) < 4.78 is 0. The van der Waals surface area contributed by atoms with Gasteiger partial charge in [-0.25, -0.2) is 4.98 Å². The van der Waals surface area contributed by atoms with Crippen molar-refractivity contribution < 1.29 is 14.4 Å². The van der Waals surface area contributed by atoms with Crippen molar-refractivity contribution in [2.75, 3.05) is 11.9 Å². The summed E-state index contributed by atoms with van der Waals surface area (Å²) in [5, 5.41) is 6.88. The van der Waals surface area contributed by atoms with E-state index in [0.717, 1.165) is 29.5 Å². The van der Waals surface area contributed by atoms with Crippen LogP contribution in [0.1, 0.15) is 52.5 Å². The van der Waals surface area contributed by atoms with Gasteiger partial charge >= 0.3 is 0 Å². The highest BCUT2D eigenvalue weighted by Gasteiger charge is 2.32. The lowest BCUT2D eigenvalue weighted by Crippen LogP contribution is -2.41. The van der Waals surface area contributed by atoms with E-state index in [2.05, 4.69) is 41.5 Å². The van der Waals surface area contributed by atoms with Crippen molar-refractivity contribution in [2.45, 2.75) is 32.6 Å². The van der Waals surface area contributed by atoms with Gasteiger partial charge in [-0.05, 0) is 35.9 Å². The predicted octanol–water partition coefficient (Wildman–Crippen LogP) is 5.93. The second-order valence-corrected chi connectivity index (χ2v) is 9.47. The van der Waals surface area contributed by atoms with Gasteiger partial charge in [0.15, 0.2) is 5.13 Å². The van der Waals surface area contributed by atoms with E-state index in [4.69, 9.17) is 0 Å². The van der Waals surface area contributed by atoms with Gasteiger partial charge < -0.3 is 5.32 Å². The molecule has 0 radical (unpaired) electrons. The fraction of sp³-hybridized carbons (Fsp3) is 0.214. The van der Waals surface area contributed by atoms with Gasteiger partial charge in [0.1, 0.15) is 0 Å². The van der Waals surface area contributed by atoms with Gasteiger partial charge in [-0.2, -0.15) is 0 Å². The molecule has 7 heteroatoms. The number of nitrogens with zero attached hydrogens (tertiary/aromatic N) is 2. The zero-order chi connectivity index (χ0) is 24.4. The van der Waals surface area contributed by atoms with Gasteiger partial charge in [0.05, 0.1) is 5.69 Å². The van der Waals surface area contributed by atoms with Gasteiger partial charge in [0, 0.05) is 40.4 Å². The van der Waals surface area contributed by atoms with E-state index in [9.17, 15) is 14.4 Å². The smallest absolute Gasteiger partial charge is 0.261 e. The Morgan fingerprint density at radius 2 is 1.66 bits per heavy atom. The molecule has 6 nitrogen and oxygen atoms in total. The average molecular weight is 484 g/mol. The molecule has 0 aliphatic carbocycles. The molecule has 0 saturated heterocycles. The topological polar surface area (TPSA) is 79.4 Å². The molecule has 3 aromatic carbocycles. The van der Waals surface area contributed by atoms with E-state index < -0.39 is 0 Å². The van der Waals surface area contributed by atoms with Crippen molar-refractivity contribution in [1.29, 1.82) is 0 Å². The lowest BCUT2D eigenvalue weighted by atomic mass is 9.94. The Morgan fingerprint density at radius 1 is 0.971 bits per heavy atom. The van der Waals surface area contributed by atoms with E-state index in [-0.39, 0.29) is 30.7 Å². The SMILES string of the molecule is CCCc1ccc(-c2csc(NC(=O)CCCN3C(=O)c4cccc5cccc(c45)C3=O)n2)cc1. The molecule has 1 aromatic heterocycles. The summed E-state index contributed by atoms with van der Waals surface area (Å²) in [6, 6.07) is 19.3. The van der Waals surface area contributed by atoms with Crippen LogP contribution < -0.4 is 5.32 Å². The normalized spacial score (nSPS) is 12.9. The van der Waals surface area contributed by atoms with Crippen LogP contribution in [0, 0.1) is 0 Å². The Kier molecular flexibility index (Phi) is 6.42. The van der Waals surface area contributed by atoms with Crippen LogP contribution >= 0.6 is 11.3 Å². The van der Waals surface area contributed by atoms with E-state index in [1.54, 1.807) is 12.1 Å². The summed E-state index contributed by atoms with van der Waals surface area (Å²) in [6.45, 7) is 2.34. The van der Waals surface area contributed by atoms with Crippen molar-refractivity contribution >= 4 is 45.0 Å². The first kappa shape index (κ1) is 22.9. The monoisotopic (exact) mass is 483 g/mol. The summed E-state index contributed by atoms with van der Waals surface area (Å²) in [4.78, 5) is 44.2. The van der Waals surface area contributed by atoms with Gasteiger partial charge in [-0.15, -0.1) is 11.3 Å². The molecule has 1 aliphatic heterocycles. The minimum atomic E-state index is -0.311. The van der Waals surface area contributed by atoms with Crippen LogP contribution in [0.3, 0.4) is 0 Å². The number of aryl methyl sites for hydroxylation is 1. The number of carbonyl (C=O) groups is 3. The number of carbonyl (C=O) groups excluding carboxylic acids is 3. The summed E-state index contributed by atoms with van der Waals surface area (Å²) in [6.07, 6.45) is 2.72. The van der Waals surface area contributed by atoms with Crippen LogP contribution in [0.4, 0.5) is 5.13 Å². The minimum absolute atomic E-state index is 0.184. The molecule has 0 bridgehead atoms. The first-order valence-electron chi connectivity index (χ1n) is 11.8. The lowest BCUT2D eigenvalue weighted by molar-refractivity contribution is -0.116. The van der Waals surface area contributed by atoms with Crippen LogP contribution in [0.5, 0.6) is 0 Å². The number of aromatic nitrogens is 1. The molecule has 0 unspecified atom stereocenters. The molecule has 2 heterocycles. The van der Waals surface area contributed by atoms with E-state index >= 15 is 0 Å². The van der Waals surface area contributed by atoms with Crippen LogP contribution in [0.25, 0.3) is 22.0 Å². The Balaban J connectivity index is 1.18. The number of rotatable bonds is 8. The molecule has 0 saturated carbocycles. The van der Waals surface area contributed by atoms with Gasteiger partial charge in [0.25, 0.3) is 11.8 Å². The van der Waals surface area contributed by atoms with Crippen LogP contribution in [-0.2, 0) is 11.2 Å². The summed E-state index contributed by atoms with van der Waals surface area (Å²) in [5.41, 5.74) is 4.19. The molecule has 35 heavy (non-hydrogen) atoms. The lowest BCUT2D eigenvalue weighted by Gasteiger charge is -2.27. The number of thiazole rings is 1. The first-order valence-corrected chi connectivity index (χ1v) is 12.7. The number of anilines is 1. The highest BCUT2D eigenvalue weighted by Crippen LogP contribution is 2.30. The third-order valence-electron chi connectivity index (χ3n) is 6.18. The predicted molar refractivity (Wildman–Crippen MR) is 139 cm³/mol. The van der Waals surface area contributed by atoms with Gasteiger partial charge in [-0.1, -0.05) is 61.9 Å². The second kappa shape index (κ2) is 9.80. The Hall–Kier alpha value is -3.84. The zero-order valence-corrected chi connectivity index (χ0v) is 20.2. The Bertz CT molecular complexity index is 1370. The number of nitrogens with one attached hydrogen (secondary N) is 1. The van der Waals surface area contributed by atoms with E-state index in [1.165, 1.54) is 21.8 Å². The molecule has 0 fully saturated rings. The van der Waals surface area contributed by atoms with Gasteiger partial charge in [0.2, 0.25) is 5.91 Å². The van der Waals surface area contributed by atoms with Crippen molar-refractivity contribution in [3.05, 3.63) is 82.7 Å². The van der Waals surface area contributed by atoms with E-state index in [0.29, 0.717) is 28.1 Å². The minimum Gasteiger partial charge on any atom is -0.302 e. The quantitative estimate of drug-likeness (QED) is 0.315. The maximum Gasteiger partial charge on any atom is 0.261 e. The fourth-order valence-electron chi connectivity index (χ4n) is 4.46. The molecule has 1 aliphatic rings.